The Balaban J connectivity index is 1.58. The van der Waals surface area contributed by atoms with E-state index in [0.29, 0.717) is 24.5 Å². The molecule has 8 heteroatoms. The van der Waals surface area contributed by atoms with Gasteiger partial charge in [-0.05, 0) is 30.9 Å². The SMILES string of the molecule is CC(=O)NC[C@H]1CN(c2cnc3c(c2)CCCc2cnoc2-3)C(=O)O1. The van der Waals surface area contributed by atoms with Crippen LogP contribution in [0.3, 0.4) is 0 Å². The molecule has 4 rings (SSSR count). The first-order valence-corrected chi connectivity index (χ1v) is 8.27. The number of nitrogens with one attached hydrogen (secondary N) is 1. The van der Waals surface area contributed by atoms with E-state index in [-0.39, 0.29) is 12.0 Å². The summed E-state index contributed by atoms with van der Waals surface area (Å²) in [5.41, 5.74) is 3.58. The third-order valence-electron chi connectivity index (χ3n) is 4.47. The second-order valence-electron chi connectivity index (χ2n) is 6.29. The van der Waals surface area contributed by atoms with E-state index >= 15 is 0 Å². The van der Waals surface area contributed by atoms with Crippen LogP contribution in [0.4, 0.5) is 10.5 Å². The molecule has 1 saturated heterocycles. The summed E-state index contributed by atoms with van der Waals surface area (Å²) < 4.78 is 10.7. The van der Waals surface area contributed by atoms with Gasteiger partial charge in [-0.25, -0.2) is 4.79 Å². The molecule has 130 valence electrons. The van der Waals surface area contributed by atoms with Gasteiger partial charge in [-0.15, -0.1) is 0 Å². The number of nitrogens with zero attached hydrogens (tertiary/aromatic N) is 3. The number of fused-ring (bicyclic) bond motifs is 3. The van der Waals surface area contributed by atoms with Crippen molar-refractivity contribution in [3.63, 3.8) is 0 Å². The second-order valence-corrected chi connectivity index (χ2v) is 6.29. The van der Waals surface area contributed by atoms with Crippen molar-refractivity contribution in [2.75, 3.05) is 18.0 Å². The fraction of sp³-hybridized carbons (Fsp3) is 0.412. The van der Waals surface area contributed by atoms with Gasteiger partial charge in [0, 0.05) is 12.5 Å². The summed E-state index contributed by atoms with van der Waals surface area (Å²) in [6, 6.07) is 1.96. The molecule has 1 aliphatic carbocycles. The molecule has 0 spiro atoms. The normalized spacial score (nSPS) is 19.0. The van der Waals surface area contributed by atoms with Crippen LogP contribution in [0.5, 0.6) is 0 Å². The Kier molecular flexibility index (Phi) is 3.87. The lowest BCUT2D eigenvalue weighted by Crippen LogP contribution is -2.33. The molecule has 0 radical (unpaired) electrons. The third-order valence-corrected chi connectivity index (χ3v) is 4.47. The number of aryl methyl sites for hydroxylation is 2. The molecule has 1 fully saturated rings. The zero-order valence-corrected chi connectivity index (χ0v) is 13.8. The molecular weight excluding hydrogens is 324 g/mol. The minimum atomic E-state index is -0.425. The van der Waals surface area contributed by atoms with Crippen LogP contribution < -0.4 is 10.2 Å². The Morgan fingerprint density at radius 2 is 2.20 bits per heavy atom. The van der Waals surface area contributed by atoms with Gasteiger partial charge in [0.15, 0.2) is 5.76 Å². The number of hydrogen-bond acceptors (Lipinski definition) is 6. The average molecular weight is 342 g/mol. The van der Waals surface area contributed by atoms with Crippen LogP contribution in [0.15, 0.2) is 23.0 Å². The predicted molar refractivity (Wildman–Crippen MR) is 88.1 cm³/mol. The van der Waals surface area contributed by atoms with Crippen LogP contribution in [-0.2, 0) is 22.4 Å². The average Bonchev–Trinajstić information content (AvgIpc) is 3.15. The van der Waals surface area contributed by atoms with Gasteiger partial charge in [0.25, 0.3) is 0 Å². The van der Waals surface area contributed by atoms with E-state index in [4.69, 9.17) is 9.26 Å². The highest BCUT2D eigenvalue weighted by atomic mass is 16.6. The van der Waals surface area contributed by atoms with Crippen molar-refractivity contribution in [1.29, 1.82) is 0 Å². The first kappa shape index (κ1) is 15.6. The molecule has 1 aliphatic heterocycles. The van der Waals surface area contributed by atoms with E-state index in [1.54, 1.807) is 17.3 Å². The van der Waals surface area contributed by atoms with Gasteiger partial charge < -0.3 is 14.6 Å². The van der Waals surface area contributed by atoms with Gasteiger partial charge >= 0.3 is 6.09 Å². The first-order valence-electron chi connectivity index (χ1n) is 8.27. The molecule has 0 bridgehead atoms. The van der Waals surface area contributed by atoms with E-state index in [2.05, 4.69) is 15.5 Å². The Bertz CT molecular complexity index is 832. The lowest BCUT2D eigenvalue weighted by atomic mass is 10.1. The van der Waals surface area contributed by atoms with Crippen molar-refractivity contribution in [2.45, 2.75) is 32.3 Å². The molecule has 1 N–H and O–H groups in total. The molecule has 0 saturated carbocycles. The van der Waals surface area contributed by atoms with Gasteiger partial charge in [-0.3, -0.25) is 14.7 Å². The van der Waals surface area contributed by atoms with Gasteiger partial charge in [-0.2, -0.15) is 0 Å². The Morgan fingerprint density at radius 3 is 3.04 bits per heavy atom. The summed E-state index contributed by atoms with van der Waals surface area (Å²) in [6.07, 6.45) is 5.33. The minimum Gasteiger partial charge on any atom is -0.442 e. The molecule has 1 atom stereocenters. The summed E-state index contributed by atoms with van der Waals surface area (Å²) in [5.74, 6) is 0.565. The smallest absolute Gasteiger partial charge is 0.414 e. The Hall–Kier alpha value is -2.90. The molecule has 3 heterocycles. The standard InChI is InChI=1S/C17H18N4O4/c1-10(22)18-8-14-9-21(17(23)24-14)13-5-11-3-2-4-12-6-20-25-16(12)15(11)19-7-13/h5-7,14H,2-4,8-9H2,1H3,(H,18,22)/t14-/m0/s1. The molecule has 8 nitrogen and oxygen atoms in total. The fourth-order valence-electron chi connectivity index (χ4n) is 3.24. The van der Waals surface area contributed by atoms with Crippen molar-refractivity contribution in [1.82, 2.24) is 15.5 Å². The number of cyclic esters (lactones) is 1. The summed E-state index contributed by atoms with van der Waals surface area (Å²) in [7, 11) is 0. The summed E-state index contributed by atoms with van der Waals surface area (Å²) in [4.78, 5) is 29.2. The Morgan fingerprint density at radius 1 is 1.36 bits per heavy atom. The van der Waals surface area contributed by atoms with Crippen LogP contribution in [-0.4, -0.2) is 41.3 Å². The zero-order chi connectivity index (χ0) is 17.4. The van der Waals surface area contributed by atoms with Crippen LogP contribution >= 0.6 is 0 Å². The summed E-state index contributed by atoms with van der Waals surface area (Å²) >= 11 is 0. The zero-order valence-electron chi connectivity index (χ0n) is 13.8. The maximum Gasteiger partial charge on any atom is 0.414 e. The third kappa shape index (κ3) is 2.95. The molecule has 2 aromatic rings. The molecule has 0 unspecified atom stereocenters. The van der Waals surface area contributed by atoms with E-state index in [1.165, 1.54) is 6.92 Å². The van der Waals surface area contributed by atoms with E-state index in [1.807, 2.05) is 6.07 Å². The van der Waals surface area contributed by atoms with Crippen LogP contribution in [0.25, 0.3) is 11.5 Å². The van der Waals surface area contributed by atoms with Crippen LogP contribution in [0, 0.1) is 0 Å². The van der Waals surface area contributed by atoms with E-state index < -0.39 is 6.09 Å². The minimum absolute atomic E-state index is 0.149. The number of anilines is 1. The molecule has 2 aromatic heterocycles. The van der Waals surface area contributed by atoms with Crippen molar-refractivity contribution in [3.8, 4) is 11.5 Å². The predicted octanol–water partition coefficient (Wildman–Crippen LogP) is 1.69. The molecular formula is C17H18N4O4. The molecule has 2 aliphatic rings. The van der Waals surface area contributed by atoms with Gasteiger partial charge in [-0.1, -0.05) is 5.16 Å². The number of rotatable bonds is 3. The maximum atomic E-state index is 12.2. The highest BCUT2D eigenvalue weighted by Gasteiger charge is 2.33. The largest absolute Gasteiger partial charge is 0.442 e. The molecule has 0 aromatic carbocycles. The molecule has 25 heavy (non-hydrogen) atoms. The molecule has 2 amide bonds. The van der Waals surface area contributed by atoms with Gasteiger partial charge in [0.05, 0.1) is 31.2 Å². The highest BCUT2D eigenvalue weighted by Crippen LogP contribution is 2.33. The number of aromatic nitrogens is 2. The van der Waals surface area contributed by atoms with Crippen LogP contribution in [0.1, 0.15) is 24.5 Å². The second kappa shape index (κ2) is 6.19. The highest BCUT2D eigenvalue weighted by molar-refractivity contribution is 5.90. The van der Waals surface area contributed by atoms with E-state index in [9.17, 15) is 9.59 Å². The van der Waals surface area contributed by atoms with E-state index in [0.717, 1.165) is 36.1 Å². The fourth-order valence-corrected chi connectivity index (χ4v) is 3.24. The quantitative estimate of drug-likeness (QED) is 0.911. The monoisotopic (exact) mass is 342 g/mol. The first-order chi connectivity index (χ1) is 12.1. The van der Waals surface area contributed by atoms with Gasteiger partial charge in [0.1, 0.15) is 11.8 Å². The number of pyridine rings is 1. The van der Waals surface area contributed by atoms with Crippen molar-refractivity contribution < 1.29 is 18.8 Å². The van der Waals surface area contributed by atoms with Crippen molar-refractivity contribution in [3.05, 3.63) is 29.6 Å². The number of amides is 2. The summed E-state index contributed by atoms with van der Waals surface area (Å²) in [6.45, 7) is 2.12. The van der Waals surface area contributed by atoms with Gasteiger partial charge in [0.2, 0.25) is 5.91 Å². The van der Waals surface area contributed by atoms with Crippen molar-refractivity contribution >= 4 is 17.7 Å². The lowest BCUT2D eigenvalue weighted by Gasteiger charge is -2.15. The number of carbonyl (C=O) groups excluding carboxylic acids is 2. The maximum absolute atomic E-state index is 12.2. The van der Waals surface area contributed by atoms with Crippen molar-refractivity contribution in [2.24, 2.45) is 0 Å². The number of carbonyl (C=O) groups is 2. The number of hydrogen-bond donors (Lipinski definition) is 1. The Labute approximate surface area is 144 Å². The van der Waals surface area contributed by atoms with Crippen LogP contribution in [0.2, 0.25) is 0 Å². The number of ether oxygens (including phenoxy) is 1. The lowest BCUT2D eigenvalue weighted by molar-refractivity contribution is -0.119. The topological polar surface area (TPSA) is 97.6 Å². The summed E-state index contributed by atoms with van der Waals surface area (Å²) in [5, 5.41) is 6.54.